The second kappa shape index (κ2) is 4.81. The van der Waals surface area contributed by atoms with Crippen molar-refractivity contribution in [2.45, 2.75) is 13.5 Å². The van der Waals surface area contributed by atoms with E-state index in [-0.39, 0.29) is 5.91 Å². The van der Waals surface area contributed by atoms with E-state index in [0.29, 0.717) is 17.9 Å². The second-order valence-corrected chi connectivity index (χ2v) is 5.23. The molecule has 0 saturated carbocycles. The number of rotatable bonds is 3. The van der Waals surface area contributed by atoms with E-state index in [4.69, 9.17) is 5.73 Å². The van der Waals surface area contributed by atoms with Crippen LogP contribution in [0.4, 0.5) is 5.69 Å². The predicted octanol–water partition coefficient (Wildman–Crippen LogP) is 1.64. The third kappa shape index (κ3) is 2.38. The van der Waals surface area contributed by atoms with Crippen molar-refractivity contribution in [3.05, 3.63) is 34.0 Å². The molecule has 0 bridgehead atoms. The Balaban J connectivity index is 2.14. The molecule has 0 fully saturated rings. The summed E-state index contributed by atoms with van der Waals surface area (Å²) in [6.07, 6.45) is 1.74. The first-order valence-corrected chi connectivity index (χ1v) is 6.43. The molecular weight excluding hydrogens is 248 g/mol. The highest BCUT2D eigenvalue weighted by Gasteiger charge is 2.17. The molecular formula is C12H16N4OS. The molecule has 0 aliphatic heterocycles. The van der Waals surface area contributed by atoms with E-state index >= 15 is 0 Å². The lowest BCUT2D eigenvalue weighted by atomic mass is 10.3. The number of aryl methyl sites for hydroxylation is 2. The molecule has 0 spiro atoms. The van der Waals surface area contributed by atoms with E-state index in [1.54, 1.807) is 45.6 Å². The summed E-state index contributed by atoms with van der Waals surface area (Å²) in [6.45, 7) is 2.52. The topological polar surface area (TPSA) is 64.2 Å². The SMILES string of the molecule is Cc1ncsc1CN(C)C(=O)c1cc(N)cn1C. The number of aromatic nitrogens is 2. The third-order valence-corrected chi connectivity index (χ3v) is 3.74. The number of nitrogens with zero attached hydrogens (tertiary/aromatic N) is 3. The Labute approximate surface area is 110 Å². The van der Waals surface area contributed by atoms with Crippen LogP contribution in [-0.2, 0) is 13.6 Å². The summed E-state index contributed by atoms with van der Waals surface area (Å²) in [5, 5.41) is 0. The first-order chi connectivity index (χ1) is 8.49. The highest BCUT2D eigenvalue weighted by atomic mass is 32.1. The molecule has 2 N–H and O–H groups in total. The van der Waals surface area contributed by atoms with Crippen molar-refractivity contribution in [1.82, 2.24) is 14.5 Å². The van der Waals surface area contributed by atoms with E-state index in [2.05, 4.69) is 4.98 Å². The molecule has 1 amide bonds. The van der Waals surface area contributed by atoms with Gasteiger partial charge >= 0.3 is 0 Å². The van der Waals surface area contributed by atoms with E-state index in [1.165, 1.54) is 0 Å². The van der Waals surface area contributed by atoms with E-state index in [9.17, 15) is 4.79 Å². The summed E-state index contributed by atoms with van der Waals surface area (Å²) in [5.74, 6) is -0.0398. The second-order valence-electron chi connectivity index (χ2n) is 4.29. The maximum atomic E-state index is 12.3. The van der Waals surface area contributed by atoms with Crippen molar-refractivity contribution in [3.8, 4) is 0 Å². The minimum absolute atomic E-state index is 0.0398. The molecule has 0 aliphatic rings. The van der Waals surface area contributed by atoms with Gasteiger partial charge in [-0.3, -0.25) is 4.79 Å². The Kier molecular flexibility index (Phi) is 3.38. The molecule has 2 rings (SSSR count). The number of carbonyl (C=O) groups excluding carboxylic acids is 1. The zero-order valence-electron chi connectivity index (χ0n) is 10.7. The van der Waals surface area contributed by atoms with E-state index in [0.717, 1.165) is 10.6 Å². The number of hydrogen-bond acceptors (Lipinski definition) is 4. The normalized spacial score (nSPS) is 10.6. The van der Waals surface area contributed by atoms with Crippen molar-refractivity contribution < 1.29 is 4.79 Å². The monoisotopic (exact) mass is 264 g/mol. The molecule has 0 aromatic carbocycles. The quantitative estimate of drug-likeness (QED) is 0.916. The average molecular weight is 264 g/mol. The van der Waals surface area contributed by atoms with Crippen LogP contribution in [0.1, 0.15) is 21.1 Å². The highest BCUT2D eigenvalue weighted by molar-refractivity contribution is 7.09. The Morgan fingerprint density at radius 2 is 2.33 bits per heavy atom. The zero-order chi connectivity index (χ0) is 13.3. The number of anilines is 1. The van der Waals surface area contributed by atoms with E-state index in [1.807, 2.05) is 14.0 Å². The number of carbonyl (C=O) groups is 1. The molecule has 0 atom stereocenters. The number of amides is 1. The van der Waals surface area contributed by atoms with Gasteiger partial charge in [-0.1, -0.05) is 0 Å². The zero-order valence-corrected chi connectivity index (χ0v) is 11.5. The molecule has 2 aromatic heterocycles. The largest absolute Gasteiger partial charge is 0.397 e. The molecule has 0 radical (unpaired) electrons. The Morgan fingerprint density at radius 3 is 2.83 bits per heavy atom. The van der Waals surface area contributed by atoms with Gasteiger partial charge < -0.3 is 15.2 Å². The molecule has 18 heavy (non-hydrogen) atoms. The Morgan fingerprint density at radius 1 is 1.61 bits per heavy atom. The fourth-order valence-electron chi connectivity index (χ4n) is 1.76. The van der Waals surface area contributed by atoms with Gasteiger partial charge in [-0.2, -0.15) is 0 Å². The van der Waals surface area contributed by atoms with Gasteiger partial charge in [-0.25, -0.2) is 4.98 Å². The minimum atomic E-state index is -0.0398. The average Bonchev–Trinajstić information content (AvgIpc) is 2.85. The first-order valence-electron chi connectivity index (χ1n) is 5.55. The number of thiazole rings is 1. The van der Waals surface area contributed by atoms with Gasteiger partial charge in [-0.15, -0.1) is 11.3 Å². The number of nitrogen functional groups attached to an aromatic ring is 1. The fourth-order valence-corrected chi connectivity index (χ4v) is 2.59. The van der Waals surface area contributed by atoms with Gasteiger partial charge in [0.05, 0.1) is 23.4 Å². The summed E-state index contributed by atoms with van der Waals surface area (Å²) in [4.78, 5) is 19.2. The molecule has 0 saturated heterocycles. The molecule has 0 unspecified atom stereocenters. The summed E-state index contributed by atoms with van der Waals surface area (Å²) in [6, 6.07) is 1.69. The number of hydrogen-bond donors (Lipinski definition) is 1. The van der Waals surface area contributed by atoms with Crippen molar-refractivity contribution in [2.24, 2.45) is 7.05 Å². The van der Waals surface area contributed by atoms with Crippen LogP contribution in [0.3, 0.4) is 0 Å². The molecule has 6 heteroatoms. The van der Waals surface area contributed by atoms with Crippen LogP contribution < -0.4 is 5.73 Å². The molecule has 96 valence electrons. The van der Waals surface area contributed by atoms with Crippen molar-refractivity contribution in [3.63, 3.8) is 0 Å². The summed E-state index contributed by atoms with van der Waals surface area (Å²) in [5.41, 5.74) is 9.65. The number of nitrogens with two attached hydrogens (primary N) is 1. The lowest BCUT2D eigenvalue weighted by Gasteiger charge is -2.16. The van der Waals surface area contributed by atoms with Crippen LogP contribution in [0, 0.1) is 6.92 Å². The first kappa shape index (κ1) is 12.6. The van der Waals surface area contributed by atoms with Gasteiger partial charge in [0, 0.05) is 25.2 Å². The highest BCUT2D eigenvalue weighted by Crippen LogP contribution is 2.17. The summed E-state index contributed by atoms with van der Waals surface area (Å²) in [7, 11) is 3.60. The standard InChI is InChI=1S/C12H16N4OS/c1-8-11(18-7-14-8)6-16(3)12(17)10-4-9(13)5-15(10)2/h4-5,7H,6,13H2,1-3H3. The molecule has 0 aliphatic carbocycles. The van der Waals surface area contributed by atoms with Crippen LogP contribution >= 0.6 is 11.3 Å². The van der Waals surface area contributed by atoms with Crippen LogP contribution in [-0.4, -0.2) is 27.4 Å². The summed E-state index contributed by atoms with van der Waals surface area (Å²) < 4.78 is 1.74. The maximum Gasteiger partial charge on any atom is 0.270 e. The van der Waals surface area contributed by atoms with Crippen LogP contribution in [0.15, 0.2) is 17.8 Å². The lowest BCUT2D eigenvalue weighted by Crippen LogP contribution is -2.27. The minimum Gasteiger partial charge on any atom is -0.397 e. The van der Waals surface area contributed by atoms with Crippen molar-refractivity contribution in [2.75, 3.05) is 12.8 Å². The molecule has 5 nitrogen and oxygen atoms in total. The van der Waals surface area contributed by atoms with Gasteiger partial charge in [0.25, 0.3) is 5.91 Å². The van der Waals surface area contributed by atoms with Crippen LogP contribution in [0.2, 0.25) is 0 Å². The van der Waals surface area contributed by atoms with Gasteiger partial charge in [0.2, 0.25) is 0 Å². The van der Waals surface area contributed by atoms with Crippen LogP contribution in [0.5, 0.6) is 0 Å². The maximum absolute atomic E-state index is 12.3. The predicted molar refractivity (Wildman–Crippen MR) is 72.5 cm³/mol. The Hall–Kier alpha value is -1.82. The molecule has 2 heterocycles. The van der Waals surface area contributed by atoms with Crippen molar-refractivity contribution >= 4 is 22.9 Å². The molecule has 2 aromatic rings. The smallest absolute Gasteiger partial charge is 0.270 e. The fraction of sp³-hybridized carbons (Fsp3) is 0.333. The lowest BCUT2D eigenvalue weighted by molar-refractivity contribution is 0.0777. The van der Waals surface area contributed by atoms with Gasteiger partial charge in [0.1, 0.15) is 5.69 Å². The van der Waals surface area contributed by atoms with E-state index < -0.39 is 0 Å². The van der Waals surface area contributed by atoms with Crippen molar-refractivity contribution in [1.29, 1.82) is 0 Å². The summed E-state index contributed by atoms with van der Waals surface area (Å²) >= 11 is 1.56. The van der Waals surface area contributed by atoms with Gasteiger partial charge in [0.15, 0.2) is 0 Å². The Bertz CT molecular complexity index is 572. The van der Waals surface area contributed by atoms with Gasteiger partial charge in [-0.05, 0) is 13.0 Å². The third-order valence-electron chi connectivity index (χ3n) is 2.82. The van der Waals surface area contributed by atoms with Crippen LogP contribution in [0.25, 0.3) is 0 Å².